The third-order valence-corrected chi connectivity index (χ3v) is 4.51. The molecule has 130 valence electrons. The minimum Gasteiger partial charge on any atom is -0.461 e. The van der Waals surface area contributed by atoms with Gasteiger partial charge in [-0.15, -0.1) is 10.2 Å². The van der Waals surface area contributed by atoms with Crippen molar-refractivity contribution in [2.24, 2.45) is 0 Å². The van der Waals surface area contributed by atoms with Crippen LogP contribution in [0.4, 0.5) is 5.69 Å². The number of carbonyl (C=O) groups is 1. The van der Waals surface area contributed by atoms with Crippen LogP contribution in [0.15, 0.2) is 52.2 Å². The van der Waals surface area contributed by atoms with Gasteiger partial charge in [0.1, 0.15) is 0 Å². The Morgan fingerprint density at radius 2 is 2.16 bits per heavy atom. The van der Waals surface area contributed by atoms with Crippen LogP contribution in [-0.4, -0.2) is 26.4 Å². The Labute approximate surface area is 150 Å². The van der Waals surface area contributed by atoms with Crippen molar-refractivity contribution in [3.05, 3.63) is 48.2 Å². The first-order valence-electron chi connectivity index (χ1n) is 8.13. The topological polar surface area (TPSA) is 73.0 Å². The summed E-state index contributed by atoms with van der Waals surface area (Å²) in [6.45, 7) is 4.85. The number of rotatable bonds is 7. The van der Waals surface area contributed by atoms with Gasteiger partial charge in [-0.3, -0.25) is 9.36 Å². The number of benzene rings is 1. The number of furan rings is 1. The average Bonchev–Trinajstić information content (AvgIpc) is 3.23. The normalized spacial score (nSPS) is 10.8. The van der Waals surface area contributed by atoms with E-state index in [1.807, 2.05) is 47.9 Å². The number of carbonyl (C=O) groups excluding carboxylic acids is 1. The Bertz CT molecular complexity index is 843. The molecule has 2 aromatic heterocycles. The molecule has 0 radical (unpaired) electrons. The summed E-state index contributed by atoms with van der Waals surface area (Å²) in [4.78, 5) is 12.2. The van der Waals surface area contributed by atoms with Crippen molar-refractivity contribution < 1.29 is 9.21 Å². The van der Waals surface area contributed by atoms with Crippen LogP contribution < -0.4 is 5.32 Å². The van der Waals surface area contributed by atoms with Gasteiger partial charge in [-0.25, -0.2) is 0 Å². The second-order valence-electron chi connectivity index (χ2n) is 5.64. The molecule has 6 nitrogen and oxygen atoms in total. The predicted molar refractivity (Wildman–Crippen MR) is 98.5 cm³/mol. The van der Waals surface area contributed by atoms with Gasteiger partial charge in [-0.1, -0.05) is 30.8 Å². The van der Waals surface area contributed by atoms with Crippen molar-refractivity contribution in [3.8, 4) is 11.6 Å². The number of aryl methyl sites for hydroxylation is 1. The monoisotopic (exact) mass is 356 g/mol. The second kappa shape index (κ2) is 8.02. The summed E-state index contributed by atoms with van der Waals surface area (Å²) in [5, 5.41) is 12.1. The number of nitrogens with zero attached hydrogens (tertiary/aromatic N) is 3. The van der Waals surface area contributed by atoms with Crippen LogP contribution in [0.5, 0.6) is 0 Å². The highest BCUT2D eigenvalue weighted by Gasteiger charge is 2.16. The highest BCUT2D eigenvalue weighted by atomic mass is 32.2. The molecule has 0 atom stereocenters. The van der Waals surface area contributed by atoms with E-state index in [1.165, 1.54) is 11.8 Å². The Balaban J connectivity index is 1.67. The van der Waals surface area contributed by atoms with Crippen LogP contribution in [0.1, 0.15) is 18.9 Å². The van der Waals surface area contributed by atoms with Crippen LogP contribution in [-0.2, 0) is 11.3 Å². The molecule has 25 heavy (non-hydrogen) atoms. The minimum atomic E-state index is -0.0683. The molecule has 7 heteroatoms. The SMILES string of the molecule is CCCn1c(SCC(=O)Nc2cccc(C)c2)nnc1-c1ccco1. The van der Waals surface area contributed by atoms with E-state index in [9.17, 15) is 4.79 Å². The van der Waals surface area contributed by atoms with E-state index in [4.69, 9.17) is 4.42 Å². The summed E-state index contributed by atoms with van der Waals surface area (Å²) in [6.07, 6.45) is 2.55. The van der Waals surface area contributed by atoms with Crippen molar-refractivity contribution in [1.82, 2.24) is 14.8 Å². The van der Waals surface area contributed by atoms with E-state index < -0.39 is 0 Å². The molecule has 1 N–H and O–H groups in total. The zero-order chi connectivity index (χ0) is 17.6. The largest absolute Gasteiger partial charge is 0.461 e. The highest BCUT2D eigenvalue weighted by molar-refractivity contribution is 7.99. The summed E-state index contributed by atoms with van der Waals surface area (Å²) < 4.78 is 7.41. The lowest BCUT2D eigenvalue weighted by atomic mass is 10.2. The van der Waals surface area contributed by atoms with Crippen molar-refractivity contribution in [2.75, 3.05) is 11.1 Å². The third kappa shape index (κ3) is 4.30. The van der Waals surface area contributed by atoms with Crippen molar-refractivity contribution in [1.29, 1.82) is 0 Å². The molecule has 3 aromatic rings. The molecule has 3 rings (SSSR count). The van der Waals surface area contributed by atoms with Crippen molar-refractivity contribution >= 4 is 23.4 Å². The van der Waals surface area contributed by atoms with Gasteiger partial charge in [0.25, 0.3) is 0 Å². The number of anilines is 1. The molecule has 0 saturated heterocycles. The summed E-state index contributed by atoms with van der Waals surface area (Å²) >= 11 is 1.37. The van der Waals surface area contributed by atoms with Crippen LogP contribution >= 0.6 is 11.8 Å². The molecule has 0 unspecified atom stereocenters. The maximum atomic E-state index is 12.2. The van der Waals surface area contributed by atoms with Crippen LogP contribution in [0.25, 0.3) is 11.6 Å². The summed E-state index contributed by atoms with van der Waals surface area (Å²) in [5.74, 6) is 1.57. The third-order valence-electron chi connectivity index (χ3n) is 3.54. The fourth-order valence-corrected chi connectivity index (χ4v) is 3.22. The van der Waals surface area contributed by atoms with Gasteiger partial charge in [-0.2, -0.15) is 0 Å². The zero-order valence-corrected chi connectivity index (χ0v) is 15.0. The molecule has 0 aliphatic heterocycles. The number of hydrogen-bond acceptors (Lipinski definition) is 5. The molecular weight excluding hydrogens is 336 g/mol. The Morgan fingerprint density at radius 3 is 2.88 bits per heavy atom. The van der Waals surface area contributed by atoms with Gasteiger partial charge < -0.3 is 9.73 Å². The Hall–Kier alpha value is -2.54. The smallest absolute Gasteiger partial charge is 0.234 e. The lowest BCUT2D eigenvalue weighted by Gasteiger charge is -2.08. The predicted octanol–water partition coefficient (Wildman–Crippen LogP) is 3.99. The standard InChI is InChI=1S/C18H20N4O2S/c1-3-9-22-17(15-8-5-10-24-15)20-21-18(22)25-12-16(23)19-14-7-4-6-13(2)11-14/h4-8,10-11H,3,9,12H2,1-2H3,(H,19,23). The fourth-order valence-electron chi connectivity index (χ4n) is 2.46. The van der Waals surface area contributed by atoms with Crippen molar-refractivity contribution in [2.45, 2.75) is 32.0 Å². The van der Waals surface area contributed by atoms with Gasteiger partial charge in [-0.05, 0) is 43.2 Å². The average molecular weight is 356 g/mol. The zero-order valence-electron chi connectivity index (χ0n) is 14.2. The molecule has 0 aliphatic rings. The second-order valence-corrected chi connectivity index (χ2v) is 6.58. The van der Waals surface area contributed by atoms with Gasteiger partial charge in [0, 0.05) is 12.2 Å². The summed E-state index contributed by atoms with van der Waals surface area (Å²) in [5.41, 5.74) is 1.91. The van der Waals surface area contributed by atoms with Crippen LogP contribution in [0.2, 0.25) is 0 Å². The molecule has 2 heterocycles. The van der Waals surface area contributed by atoms with E-state index in [1.54, 1.807) is 6.26 Å². The lowest BCUT2D eigenvalue weighted by Crippen LogP contribution is -2.14. The van der Waals surface area contributed by atoms with E-state index >= 15 is 0 Å². The number of nitrogens with one attached hydrogen (secondary N) is 1. The maximum Gasteiger partial charge on any atom is 0.234 e. The first-order valence-corrected chi connectivity index (χ1v) is 9.12. The van der Waals surface area contributed by atoms with Crippen LogP contribution in [0.3, 0.4) is 0 Å². The lowest BCUT2D eigenvalue weighted by molar-refractivity contribution is -0.113. The Morgan fingerprint density at radius 1 is 1.28 bits per heavy atom. The molecular formula is C18H20N4O2S. The minimum absolute atomic E-state index is 0.0683. The fraction of sp³-hybridized carbons (Fsp3) is 0.278. The van der Waals surface area contributed by atoms with Gasteiger partial charge in [0.2, 0.25) is 5.91 Å². The Kier molecular flexibility index (Phi) is 5.55. The maximum absolute atomic E-state index is 12.2. The first-order chi connectivity index (χ1) is 12.2. The van der Waals surface area contributed by atoms with E-state index in [0.29, 0.717) is 16.7 Å². The highest BCUT2D eigenvalue weighted by Crippen LogP contribution is 2.24. The molecule has 0 bridgehead atoms. The molecule has 0 saturated carbocycles. The molecule has 1 aromatic carbocycles. The van der Waals surface area contributed by atoms with Crippen molar-refractivity contribution in [3.63, 3.8) is 0 Å². The van der Waals surface area contributed by atoms with E-state index in [-0.39, 0.29) is 11.7 Å². The van der Waals surface area contributed by atoms with Crippen LogP contribution in [0, 0.1) is 6.92 Å². The number of aromatic nitrogens is 3. The van der Waals surface area contributed by atoms with Gasteiger partial charge in [0.05, 0.1) is 12.0 Å². The molecule has 1 amide bonds. The summed E-state index contributed by atoms with van der Waals surface area (Å²) in [7, 11) is 0. The van der Waals surface area contributed by atoms with E-state index in [0.717, 1.165) is 24.2 Å². The van der Waals surface area contributed by atoms with E-state index in [2.05, 4.69) is 22.4 Å². The number of thioether (sulfide) groups is 1. The summed E-state index contributed by atoms with van der Waals surface area (Å²) in [6, 6.07) is 11.4. The molecule has 0 aliphatic carbocycles. The number of amides is 1. The molecule has 0 fully saturated rings. The molecule has 0 spiro atoms. The quantitative estimate of drug-likeness (QED) is 0.648. The van der Waals surface area contributed by atoms with Gasteiger partial charge >= 0.3 is 0 Å². The first kappa shape index (κ1) is 17.3. The number of hydrogen-bond donors (Lipinski definition) is 1. The van der Waals surface area contributed by atoms with Gasteiger partial charge in [0.15, 0.2) is 16.7 Å².